The Kier molecular flexibility index (Phi) is 4.59. The van der Waals surface area contributed by atoms with Gasteiger partial charge in [-0.15, -0.1) is 0 Å². The van der Waals surface area contributed by atoms with E-state index in [1.807, 2.05) is 18.2 Å². The summed E-state index contributed by atoms with van der Waals surface area (Å²) in [5.41, 5.74) is 1.33. The maximum atomic E-state index is 12.0. The van der Waals surface area contributed by atoms with Crippen molar-refractivity contribution in [3.8, 4) is 5.75 Å². The lowest BCUT2D eigenvalue weighted by Crippen LogP contribution is -2.19. The average molecular weight is 304 g/mol. The van der Waals surface area contributed by atoms with Gasteiger partial charge in [-0.05, 0) is 31.2 Å². The predicted molar refractivity (Wildman–Crippen MR) is 82.0 cm³/mol. The molecule has 2 aromatic rings. The molecule has 2 rings (SSSR count). The molecule has 0 heterocycles. The average Bonchev–Trinajstić information content (AvgIpc) is 2.53. The van der Waals surface area contributed by atoms with Gasteiger partial charge in [0.05, 0.1) is 17.7 Å². The van der Waals surface area contributed by atoms with Crippen LogP contribution in [-0.2, 0) is 10.0 Å². The summed E-state index contributed by atoms with van der Waals surface area (Å²) in [6.45, 7) is 1.72. The van der Waals surface area contributed by atoms with Crippen LogP contribution in [0.2, 0.25) is 0 Å². The highest BCUT2D eigenvalue weighted by molar-refractivity contribution is 7.89. The molecule has 6 heteroatoms. The Morgan fingerprint density at radius 2 is 1.81 bits per heavy atom. The zero-order valence-corrected chi connectivity index (χ0v) is 12.6. The normalized spacial score (nSPS) is 12.0. The van der Waals surface area contributed by atoms with Crippen LogP contribution in [0, 0.1) is 0 Å². The fourth-order valence-electron chi connectivity index (χ4n) is 1.69. The number of ether oxygens (including phenoxy) is 1. The predicted octanol–water partition coefficient (Wildman–Crippen LogP) is 2.40. The van der Waals surface area contributed by atoms with E-state index in [9.17, 15) is 8.42 Å². The smallest absolute Gasteiger partial charge is 0.276 e. The van der Waals surface area contributed by atoms with E-state index >= 15 is 0 Å². The molecule has 0 fully saturated rings. The lowest BCUT2D eigenvalue weighted by molar-refractivity contribution is 0.414. The number of hydrazone groups is 1. The molecule has 1 N–H and O–H groups in total. The number of nitrogens with one attached hydrogen (secondary N) is 1. The number of rotatable bonds is 5. The van der Waals surface area contributed by atoms with E-state index in [0.717, 1.165) is 5.56 Å². The second kappa shape index (κ2) is 6.41. The Morgan fingerprint density at radius 3 is 2.48 bits per heavy atom. The number of hydrogen-bond acceptors (Lipinski definition) is 4. The number of nitrogens with zero attached hydrogens (tertiary/aromatic N) is 1. The lowest BCUT2D eigenvalue weighted by atomic mass is 10.1. The highest BCUT2D eigenvalue weighted by atomic mass is 32.2. The molecule has 0 aliphatic heterocycles. The van der Waals surface area contributed by atoms with Crippen LogP contribution < -0.4 is 9.57 Å². The van der Waals surface area contributed by atoms with Crippen molar-refractivity contribution in [2.75, 3.05) is 7.11 Å². The van der Waals surface area contributed by atoms with Crippen LogP contribution >= 0.6 is 0 Å². The molecule has 0 amide bonds. The van der Waals surface area contributed by atoms with Gasteiger partial charge in [-0.2, -0.15) is 18.4 Å². The van der Waals surface area contributed by atoms with E-state index in [1.165, 1.54) is 12.1 Å². The molecule has 0 bridgehead atoms. The molecule has 0 aromatic heterocycles. The highest BCUT2D eigenvalue weighted by Gasteiger charge is 2.12. The molecule has 2 aromatic carbocycles. The third kappa shape index (κ3) is 3.82. The second-order valence-electron chi connectivity index (χ2n) is 4.34. The molecule has 110 valence electrons. The first-order valence-corrected chi connectivity index (χ1v) is 7.77. The summed E-state index contributed by atoms with van der Waals surface area (Å²) in [7, 11) is -2.07. The standard InChI is InChI=1S/C15H16N2O3S/c1-12(13-7-6-8-14(11-13)20-2)16-17-21(18,19)15-9-4-3-5-10-15/h3-11,17H,1-2H3. The van der Waals surface area contributed by atoms with Crippen LogP contribution in [-0.4, -0.2) is 21.2 Å². The molecule has 0 radical (unpaired) electrons. The van der Waals surface area contributed by atoms with Gasteiger partial charge in [0.1, 0.15) is 5.75 Å². The van der Waals surface area contributed by atoms with E-state index < -0.39 is 10.0 Å². The molecule has 0 spiro atoms. The maximum absolute atomic E-state index is 12.0. The van der Waals surface area contributed by atoms with Crippen molar-refractivity contribution in [2.45, 2.75) is 11.8 Å². The first-order valence-electron chi connectivity index (χ1n) is 6.28. The summed E-state index contributed by atoms with van der Waals surface area (Å²) in [4.78, 5) is 2.40. The van der Waals surface area contributed by atoms with Crippen molar-refractivity contribution in [3.05, 3.63) is 60.2 Å². The maximum Gasteiger partial charge on any atom is 0.276 e. The van der Waals surface area contributed by atoms with Crippen LogP contribution in [0.15, 0.2) is 64.6 Å². The van der Waals surface area contributed by atoms with Gasteiger partial charge < -0.3 is 4.74 Å². The van der Waals surface area contributed by atoms with Gasteiger partial charge >= 0.3 is 0 Å². The Hall–Kier alpha value is -2.34. The number of benzene rings is 2. The lowest BCUT2D eigenvalue weighted by Gasteiger charge is -2.06. The monoisotopic (exact) mass is 304 g/mol. The minimum Gasteiger partial charge on any atom is -0.497 e. The molecular weight excluding hydrogens is 288 g/mol. The van der Waals surface area contributed by atoms with Gasteiger partial charge in [0, 0.05) is 5.56 Å². The van der Waals surface area contributed by atoms with Gasteiger partial charge in [-0.1, -0.05) is 30.3 Å². The highest BCUT2D eigenvalue weighted by Crippen LogP contribution is 2.13. The Balaban J connectivity index is 2.20. The van der Waals surface area contributed by atoms with E-state index in [-0.39, 0.29) is 4.90 Å². The number of sulfonamides is 1. The van der Waals surface area contributed by atoms with Crippen molar-refractivity contribution in [1.82, 2.24) is 4.83 Å². The number of methoxy groups -OCH3 is 1. The minimum absolute atomic E-state index is 0.173. The van der Waals surface area contributed by atoms with Crippen molar-refractivity contribution in [1.29, 1.82) is 0 Å². The fourth-order valence-corrected chi connectivity index (χ4v) is 2.57. The van der Waals surface area contributed by atoms with Gasteiger partial charge in [-0.25, -0.2) is 0 Å². The molecular formula is C15H16N2O3S. The largest absolute Gasteiger partial charge is 0.497 e. The molecule has 21 heavy (non-hydrogen) atoms. The van der Waals surface area contributed by atoms with Crippen LogP contribution in [0.3, 0.4) is 0 Å². The Morgan fingerprint density at radius 1 is 1.10 bits per heavy atom. The summed E-state index contributed by atoms with van der Waals surface area (Å²) in [5.74, 6) is 0.688. The van der Waals surface area contributed by atoms with E-state index in [1.54, 1.807) is 38.3 Å². The van der Waals surface area contributed by atoms with Crippen molar-refractivity contribution >= 4 is 15.7 Å². The van der Waals surface area contributed by atoms with E-state index in [4.69, 9.17) is 4.74 Å². The first kappa shape index (κ1) is 15.1. The van der Waals surface area contributed by atoms with E-state index in [2.05, 4.69) is 9.93 Å². The topological polar surface area (TPSA) is 67.8 Å². The van der Waals surface area contributed by atoms with Crippen LogP contribution in [0.5, 0.6) is 5.75 Å². The Bertz CT molecular complexity index is 741. The van der Waals surface area contributed by atoms with Gasteiger partial charge in [0.25, 0.3) is 10.0 Å². The molecule has 0 unspecified atom stereocenters. The van der Waals surface area contributed by atoms with Gasteiger partial charge in [-0.3, -0.25) is 0 Å². The van der Waals surface area contributed by atoms with Crippen molar-refractivity contribution in [3.63, 3.8) is 0 Å². The quantitative estimate of drug-likeness (QED) is 0.681. The SMILES string of the molecule is COc1cccc(C(C)=NNS(=O)(=O)c2ccccc2)c1. The van der Waals surface area contributed by atoms with Crippen molar-refractivity contribution < 1.29 is 13.2 Å². The molecule has 0 atom stereocenters. The second-order valence-corrected chi connectivity index (χ2v) is 6.00. The molecule has 0 aliphatic carbocycles. The summed E-state index contributed by atoms with van der Waals surface area (Å²) >= 11 is 0. The minimum atomic E-state index is -3.65. The zero-order chi connectivity index (χ0) is 15.3. The third-order valence-electron chi connectivity index (χ3n) is 2.87. The summed E-state index contributed by atoms with van der Waals surface area (Å²) < 4.78 is 29.2. The summed E-state index contributed by atoms with van der Waals surface area (Å²) in [6, 6.07) is 15.3. The molecule has 0 saturated carbocycles. The van der Waals surface area contributed by atoms with Crippen LogP contribution in [0.4, 0.5) is 0 Å². The van der Waals surface area contributed by atoms with Crippen LogP contribution in [0.1, 0.15) is 12.5 Å². The van der Waals surface area contributed by atoms with Crippen LogP contribution in [0.25, 0.3) is 0 Å². The molecule has 0 saturated heterocycles. The fraction of sp³-hybridized carbons (Fsp3) is 0.133. The first-order chi connectivity index (χ1) is 10.0. The summed E-state index contributed by atoms with van der Waals surface area (Å²) in [6.07, 6.45) is 0. The van der Waals surface area contributed by atoms with Crippen molar-refractivity contribution in [2.24, 2.45) is 5.10 Å². The zero-order valence-electron chi connectivity index (χ0n) is 11.8. The molecule has 0 aliphatic rings. The summed E-state index contributed by atoms with van der Waals surface area (Å²) in [5, 5.41) is 3.94. The number of hydrogen-bond donors (Lipinski definition) is 1. The molecule has 5 nitrogen and oxygen atoms in total. The van der Waals surface area contributed by atoms with E-state index in [0.29, 0.717) is 11.5 Å². The Labute approximate surface area is 124 Å². The van der Waals surface area contributed by atoms with Gasteiger partial charge in [0.2, 0.25) is 0 Å². The van der Waals surface area contributed by atoms with Gasteiger partial charge in [0.15, 0.2) is 0 Å². The third-order valence-corrected chi connectivity index (χ3v) is 4.10.